The Morgan fingerprint density at radius 2 is 1.53 bits per heavy atom. The normalized spacial score (nSPS) is 24.8. The molecule has 220 valence electrons. The summed E-state index contributed by atoms with van der Waals surface area (Å²) in [4.78, 5) is 11.3. The van der Waals surface area contributed by atoms with Crippen molar-refractivity contribution in [1.29, 1.82) is 0 Å². The fourth-order valence-electron chi connectivity index (χ4n) is 6.45. The van der Waals surface area contributed by atoms with Gasteiger partial charge in [0.25, 0.3) is 11.5 Å². The van der Waals surface area contributed by atoms with Crippen molar-refractivity contribution >= 4 is 5.69 Å². The summed E-state index contributed by atoms with van der Waals surface area (Å²) in [5.74, 6) is -3.97. The molecule has 43 heavy (non-hydrogen) atoms. The van der Waals surface area contributed by atoms with Crippen LogP contribution in [0, 0.1) is 16.0 Å². The van der Waals surface area contributed by atoms with E-state index in [-0.39, 0.29) is 46.6 Å². The first-order valence-corrected chi connectivity index (χ1v) is 13.4. The molecule has 4 aromatic rings. The number of non-ortho nitro benzene ring substituents is 1. The quantitative estimate of drug-likeness (QED) is 0.112. The van der Waals surface area contributed by atoms with Crippen LogP contribution in [0.3, 0.4) is 0 Å². The number of aromatic hydroxyl groups is 5. The van der Waals surface area contributed by atoms with Crippen molar-refractivity contribution in [1.82, 2.24) is 0 Å². The molecule has 4 aromatic carbocycles. The Hall–Kier alpha value is -5.36. The minimum atomic E-state index is -1.59. The first kappa shape index (κ1) is 26.5. The van der Waals surface area contributed by atoms with E-state index in [1.54, 1.807) is 0 Å². The van der Waals surface area contributed by atoms with Crippen molar-refractivity contribution in [2.45, 2.75) is 37.3 Å². The summed E-state index contributed by atoms with van der Waals surface area (Å²) in [6.07, 6.45) is -2.17. The highest BCUT2D eigenvalue weighted by atomic mass is 16.7. The molecule has 2 bridgehead atoms. The molecule has 0 spiro atoms. The smallest absolute Gasteiger partial charge is 0.281 e. The fourth-order valence-corrected chi connectivity index (χ4v) is 6.45. The van der Waals surface area contributed by atoms with Crippen molar-refractivity contribution in [2.24, 2.45) is 5.92 Å². The van der Waals surface area contributed by atoms with Crippen LogP contribution in [-0.2, 0) is 12.2 Å². The van der Waals surface area contributed by atoms with Gasteiger partial charge >= 0.3 is 0 Å². The topological polar surface area (TPSA) is 192 Å². The van der Waals surface area contributed by atoms with Gasteiger partial charge in [0.05, 0.1) is 11.0 Å². The molecule has 0 radical (unpaired) electrons. The van der Waals surface area contributed by atoms with Crippen molar-refractivity contribution in [3.63, 3.8) is 0 Å². The van der Waals surface area contributed by atoms with Crippen LogP contribution in [0.5, 0.6) is 46.0 Å². The highest BCUT2D eigenvalue weighted by Crippen LogP contribution is 2.63. The van der Waals surface area contributed by atoms with Crippen LogP contribution >= 0.6 is 0 Å². The van der Waals surface area contributed by atoms with Gasteiger partial charge in [-0.05, 0) is 42.0 Å². The van der Waals surface area contributed by atoms with Crippen LogP contribution in [0.15, 0.2) is 60.7 Å². The van der Waals surface area contributed by atoms with Crippen molar-refractivity contribution in [3.05, 3.63) is 98.6 Å². The van der Waals surface area contributed by atoms with Crippen LogP contribution in [0.4, 0.5) is 5.69 Å². The lowest BCUT2D eigenvalue weighted by Crippen LogP contribution is -2.53. The summed E-state index contributed by atoms with van der Waals surface area (Å²) in [6.45, 7) is 1.81. The summed E-state index contributed by atoms with van der Waals surface area (Å²) in [6, 6.07) is 13.7. The second kappa shape index (κ2) is 9.07. The molecule has 7 rings (SSSR count). The highest BCUT2D eigenvalue weighted by Gasteiger charge is 2.58. The van der Waals surface area contributed by atoms with Crippen LogP contribution < -0.4 is 14.2 Å². The second-order valence-electron chi connectivity index (χ2n) is 11.0. The number of nitro benzene ring substituents is 1. The van der Waals surface area contributed by atoms with Gasteiger partial charge in [0.1, 0.15) is 29.1 Å². The Labute approximate surface area is 243 Å². The van der Waals surface area contributed by atoms with Crippen molar-refractivity contribution in [2.75, 3.05) is 0 Å². The number of rotatable bonds is 3. The summed E-state index contributed by atoms with van der Waals surface area (Å²) in [5, 5.41) is 74.1. The number of aliphatic hydroxyl groups excluding tert-OH is 1. The molecule has 5 atom stereocenters. The van der Waals surface area contributed by atoms with E-state index < -0.39 is 46.3 Å². The minimum absolute atomic E-state index is 0.0306. The maximum Gasteiger partial charge on any atom is 0.281 e. The molecule has 12 nitrogen and oxygen atoms in total. The number of phenols is 5. The van der Waals surface area contributed by atoms with Crippen molar-refractivity contribution in [3.8, 4) is 46.0 Å². The molecule has 0 fully saturated rings. The lowest BCUT2D eigenvalue weighted by atomic mass is 9.70. The summed E-state index contributed by atoms with van der Waals surface area (Å²) < 4.78 is 19.4. The Morgan fingerprint density at radius 3 is 2.23 bits per heavy atom. The van der Waals surface area contributed by atoms with E-state index in [2.05, 4.69) is 0 Å². The first-order valence-electron chi connectivity index (χ1n) is 13.4. The van der Waals surface area contributed by atoms with Gasteiger partial charge in [-0.25, -0.2) is 0 Å². The van der Waals surface area contributed by atoms with E-state index in [0.717, 1.165) is 0 Å². The van der Waals surface area contributed by atoms with Crippen LogP contribution in [0.1, 0.15) is 46.8 Å². The summed E-state index contributed by atoms with van der Waals surface area (Å²) in [7, 11) is 0. The highest BCUT2D eigenvalue weighted by molar-refractivity contribution is 5.66. The largest absolute Gasteiger partial charge is 0.507 e. The van der Waals surface area contributed by atoms with Gasteiger partial charge in [0.2, 0.25) is 0 Å². The number of aliphatic hydroxyl groups is 1. The van der Waals surface area contributed by atoms with Gasteiger partial charge in [-0.3, -0.25) is 10.1 Å². The van der Waals surface area contributed by atoms with Crippen molar-refractivity contribution < 1.29 is 49.8 Å². The first-order chi connectivity index (χ1) is 20.5. The number of nitrogens with zero attached hydrogens (tertiary/aromatic N) is 1. The monoisotopic (exact) mass is 587 g/mol. The van der Waals surface area contributed by atoms with Gasteiger partial charge in [-0.15, -0.1) is 0 Å². The Kier molecular flexibility index (Phi) is 5.60. The third-order valence-corrected chi connectivity index (χ3v) is 8.55. The number of benzene rings is 4. The fraction of sp³-hybridized carbons (Fsp3) is 0.226. The Morgan fingerprint density at radius 1 is 0.837 bits per heavy atom. The second-order valence-corrected chi connectivity index (χ2v) is 11.0. The molecular weight excluding hydrogens is 562 g/mol. The molecule has 0 amide bonds. The standard InChI is InChI=1S/C31H25NO11/c1-13-27-18-10-16(32(39)40)4-7-25(18)42-31(13,15-3-6-20(34)23(37)9-15)43-26-12-21(35)17-11-24(38)29(41-30(17)28(26)27)14-2-5-19(33)22(36)8-14/h2-10,12-13,24,27,29,33-38H,11H2,1H3/t13?,24-,27?,29+,31?/m0/s1. The maximum atomic E-state index is 11.8. The van der Waals surface area contributed by atoms with E-state index in [1.165, 1.54) is 60.7 Å². The number of hydrogen-bond acceptors (Lipinski definition) is 11. The molecular formula is C31H25NO11. The van der Waals surface area contributed by atoms with E-state index in [4.69, 9.17) is 14.2 Å². The van der Waals surface area contributed by atoms with Crippen LogP contribution in [0.2, 0.25) is 0 Å². The predicted molar refractivity (Wildman–Crippen MR) is 148 cm³/mol. The van der Waals surface area contributed by atoms with Crippen LogP contribution in [0.25, 0.3) is 0 Å². The number of fused-ring (bicyclic) bond motifs is 8. The number of nitro groups is 1. The average Bonchev–Trinajstić information content (AvgIpc) is 2.96. The maximum absolute atomic E-state index is 11.8. The lowest BCUT2D eigenvalue weighted by Gasteiger charge is -2.51. The summed E-state index contributed by atoms with van der Waals surface area (Å²) >= 11 is 0. The molecule has 12 heteroatoms. The average molecular weight is 588 g/mol. The molecule has 3 heterocycles. The molecule has 3 unspecified atom stereocenters. The molecule has 0 aromatic heterocycles. The van der Waals surface area contributed by atoms with E-state index in [0.29, 0.717) is 27.8 Å². The molecule has 0 saturated heterocycles. The lowest BCUT2D eigenvalue weighted by molar-refractivity contribution is -0.385. The molecule has 3 aliphatic heterocycles. The zero-order valence-corrected chi connectivity index (χ0v) is 22.5. The van der Waals surface area contributed by atoms with E-state index in [1.807, 2.05) is 6.92 Å². The van der Waals surface area contributed by atoms with Gasteiger partial charge in [-0.2, -0.15) is 0 Å². The van der Waals surface area contributed by atoms with Gasteiger partial charge < -0.3 is 44.8 Å². The molecule has 6 N–H and O–H groups in total. The number of hydrogen-bond donors (Lipinski definition) is 6. The number of phenolic OH excluding ortho intramolecular Hbond substituents is 5. The third kappa shape index (κ3) is 3.79. The minimum Gasteiger partial charge on any atom is -0.507 e. The molecule has 3 aliphatic rings. The zero-order valence-electron chi connectivity index (χ0n) is 22.5. The Bertz CT molecular complexity index is 1840. The number of ether oxygens (including phenoxy) is 3. The van der Waals surface area contributed by atoms with Gasteiger partial charge in [0.15, 0.2) is 23.0 Å². The Balaban J connectivity index is 1.47. The molecule has 0 saturated carbocycles. The van der Waals surface area contributed by atoms with Gasteiger partial charge in [-0.1, -0.05) is 13.0 Å². The van der Waals surface area contributed by atoms with Crippen LogP contribution in [-0.4, -0.2) is 41.7 Å². The SMILES string of the molecule is CC1C2c3cc([N+](=O)[O-])ccc3OC1(c1ccc(O)c(O)c1)Oc1cc(O)c3c(c12)O[C@H](c1ccc(O)c(O)c1)[C@@H](O)C3. The van der Waals surface area contributed by atoms with E-state index in [9.17, 15) is 40.8 Å². The van der Waals surface area contributed by atoms with E-state index >= 15 is 0 Å². The third-order valence-electron chi connectivity index (χ3n) is 8.55. The predicted octanol–water partition coefficient (Wildman–Crippen LogP) is 4.57. The zero-order chi connectivity index (χ0) is 30.4. The van der Waals surface area contributed by atoms with Gasteiger partial charge in [0, 0.05) is 58.7 Å². The molecule has 0 aliphatic carbocycles. The summed E-state index contributed by atoms with van der Waals surface area (Å²) in [5.41, 5.74) is 1.77.